The molecule has 7 nitrogen and oxygen atoms in total. The number of alkyl carbamates (subject to hydrolysis) is 1. The number of carboxylic acid groups (broad SMARTS) is 1. The normalized spacial score (nSPS) is 19.9. The van der Waals surface area contributed by atoms with Crippen LogP contribution in [-0.2, 0) is 14.3 Å². The fraction of sp³-hybridized carbons (Fsp3) is 0.348. The van der Waals surface area contributed by atoms with Crippen molar-refractivity contribution < 1.29 is 24.2 Å². The Morgan fingerprint density at radius 2 is 1.67 bits per heavy atom. The fourth-order valence-corrected chi connectivity index (χ4v) is 4.04. The van der Waals surface area contributed by atoms with Gasteiger partial charge in [0.1, 0.15) is 12.6 Å². The van der Waals surface area contributed by atoms with Crippen LogP contribution >= 0.6 is 0 Å². The van der Waals surface area contributed by atoms with Crippen LogP contribution in [0.2, 0.25) is 0 Å². The summed E-state index contributed by atoms with van der Waals surface area (Å²) >= 11 is 0. The molecule has 1 fully saturated rings. The van der Waals surface area contributed by atoms with Crippen LogP contribution in [-0.4, -0.2) is 42.3 Å². The molecule has 2 aliphatic rings. The summed E-state index contributed by atoms with van der Waals surface area (Å²) in [4.78, 5) is 35.0. The van der Waals surface area contributed by atoms with Gasteiger partial charge in [-0.1, -0.05) is 48.5 Å². The van der Waals surface area contributed by atoms with Crippen LogP contribution in [0.4, 0.5) is 4.79 Å². The van der Waals surface area contributed by atoms with E-state index in [1.807, 2.05) is 24.3 Å². The minimum atomic E-state index is -1.07. The van der Waals surface area contributed by atoms with Gasteiger partial charge in [0.05, 0.1) is 0 Å². The van der Waals surface area contributed by atoms with Crippen LogP contribution in [0, 0.1) is 11.8 Å². The third kappa shape index (κ3) is 4.01. The van der Waals surface area contributed by atoms with Crippen molar-refractivity contribution in [3.63, 3.8) is 0 Å². The van der Waals surface area contributed by atoms with E-state index in [0.717, 1.165) is 11.1 Å². The number of aliphatic carboxylic acids is 1. The number of ether oxygens (including phenoxy) is 1. The van der Waals surface area contributed by atoms with E-state index in [4.69, 9.17) is 9.84 Å². The summed E-state index contributed by atoms with van der Waals surface area (Å²) in [5.74, 6) is -1.62. The first-order valence-corrected chi connectivity index (χ1v) is 10.1. The van der Waals surface area contributed by atoms with Crippen LogP contribution in [0.1, 0.15) is 30.4 Å². The standard InChI is InChI=1S/C23H24N2O5/c1-13(22(27)28)25-21(26)19-10-14(19)11-24-23(29)30-12-20-17-8-4-2-6-15(17)16-7-3-5-9-18(16)20/h2-9,13-14,19-20H,10-12H2,1H3,(H,24,29)(H,25,26)(H,27,28)/t13-,14-,19-/m1/s1. The Bertz CT molecular complexity index is 944. The van der Waals surface area contributed by atoms with E-state index in [2.05, 4.69) is 34.9 Å². The Morgan fingerprint density at radius 1 is 1.07 bits per heavy atom. The molecule has 30 heavy (non-hydrogen) atoms. The van der Waals surface area contributed by atoms with E-state index in [0.29, 0.717) is 13.0 Å². The fourth-order valence-electron chi connectivity index (χ4n) is 4.04. The first kappa shape index (κ1) is 19.9. The molecule has 7 heteroatoms. The molecule has 0 aliphatic heterocycles. The molecule has 2 aliphatic carbocycles. The molecule has 3 atom stereocenters. The molecule has 2 aromatic carbocycles. The molecule has 4 rings (SSSR count). The lowest BCUT2D eigenvalue weighted by atomic mass is 9.98. The van der Waals surface area contributed by atoms with Crippen molar-refractivity contribution >= 4 is 18.0 Å². The molecule has 3 N–H and O–H groups in total. The molecule has 2 aromatic rings. The van der Waals surface area contributed by atoms with Gasteiger partial charge in [-0.05, 0) is 41.5 Å². The Kier molecular flexibility index (Phi) is 5.44. The summed E-state index contributed by atoms with van der Waals surface area (Å²) in [6, 6.07) is 15.3. The average Bonchev–Trinajstić information content (AvgIpc) is 3.46. The first-order chi connectivity index (χ1) is 14.5. The number of hydrogen-bond donors (Lipinski definition) is 3. The van der Waals surface area contributed by atoms with Gasteiger partial charge in [0, 0.05) is 18.4 Å². The third-order valence-electron chi connectivity index (χ3n) is 5.84. The number of hydrogen-bond acceptors (Lipinski definition) is 4. The third-order valence-corrected chi connectivity index (χ3v) is 5.84. The number of nitrogens with one attached hydrogen (secondary N) is 2. The number of carbonyl (C=O) groups excluding carboxylic acids is 2. The molecule has 0 radical (unpaired) electrons. The number of rotatable bonds is 7. The maximum atomic E-state index is 12.2. The highest BCUT2D eigenvalue weighted by atomic mass is 16.5. The highest BCUT2D eigenvalue weighted by Crippen LogP contribution is 2.44. The summed E-state index contributed by atoms with van der Waals surface area (Å²) in [6.45, 7) is 1.99. The highest BCUT2D eigenvalue weighted by Gasteiger charge is 2.43. The monoisotopic (exact) mass is 408 g/mol. The number of carboxylic acids is 1. The van der Waals surface area contributed by atoms with Gasteiger partial charge < -0.3 is 20.5 Å². The van der Waals surface area contributed by atoms with E-state index in [1.54, 1.807) is 0 Å². The van der Waals surface area contributed by atoms with E-state index < -0.39 is 18.1 Å². The van der Waals surface area contributed by atoms with Crippen molar-refractivity contribution in [2.45, 2.75) is 25.3 Å². The van der Waals surface area contributed by atoms with Crippen molar-refractivity contribution in [2.75, 3.05) is 13.2 Å². The van der Waals surface area contributed by atoms with Crippen molar-refractivity contribution in [1.82, 2.24) is 10.6 Å². The summed E-state index contributed by atoms with van der Waals surface area (Å²) in [6.07, 6.45) is 0.115. The van der Waals surface area contributed by atoms with E-state index in [9.17, 15) is 14.4 Å². The van der Waals surface area contributed by atoms with Gasteiger partial charge in [-0.2, -0.15) is 0 Å². The Balaban J connectivity index is 1.27. The quantitative estimate of drug-likeness (QED) is 0.653. The zero-order chi connectivity index (χ0) is 21.3. The second kappa shape index (κ2) is 8.18. The first-order valence-electron chi connectivity index (χ1n) is 10.1. The predicted molar refractivity (Wildman–Crippen MR) is 110 cm³/mol. The van der Waals surface area contributed by atoms with Gasteiger partial charge in [-0.25, -0.2) is 4.79 Å². The topological polar surface area (TPSA) is 105 Å². The van der Waals surface area contributed by atoms with Crippen molar-refractivity contribution in [3.05, 3.63) is 59.7 Å². The summed E-state index contributed by atoms with van der Waals surface area (Å²) in [5, 5.41) is 14.0. The van der Waals surface area contributed by atoms with E-state index in [1.165, 1.54) is 18.1 Å². The second-order valence-corrected chi connectivity index (χ2v) is 7.88. The molecule has 0 unspecified atom stereocenters. The molecular weight excluding hydrogens is 384 g/mol. The molecule has 0 bridgehead atoms. The largest absolute Gasteiger partial charge is 0.480 e. The summed E-state index contributed by atoms with van der Waals surface area (Å²) in [5.41, 5.74) is 4.64. The van der Waals surface area contributed by atoms with Crippen LogP contribution in [0.15, 0.2) is 48.5 Å². The van der Waals surface area contributed by atoms with E-state index >= 15 is 0 Å². The number of amides is 2. The van der Waals surface area contributed by atoms with Crippen LogP contribution < -0.4 is 10.6 Å². The Morgan fingerprint density at radius 3 is 2.27 bits per heavy atom. The van der Waals surface area contributed by atoms with Gasteiger partial charge in [-0.15, -0.1) is 0 Å². The molecule has 156 valence electrons. The lowest BCUT2D eigenvalue weighted by Crippen LogP contribution is -2.39. The lowest BCUT2D eigenvalue weighted by molar-refractivity contribution is -0.141. The maximum Gasteiger partial charge on any atom is 0.407 e. The van der Waals surface area contributed by atoms with Gasteiger partial charge in [0.15, 0.2) is 0 Å². The van der Waals surface area contributed by atoms with E-state index in [-0.39, 0.29) is 30.3 Å². The highest BCUT2D eigenvalue weighted by molar-refractivity contribution is 5.86. The Hall–Kier alpha value is -3.35. The van der Waals surface area contributed by atoms with Gasteiger partial charge in [0.25, 0.3) is 0 Å². The van der Waals surface area contributed by atoms with Gasteiger partial charge in [0.2, 0.25) is 5.91 Å². The second-order valence-electron chi connectivity index (χ2n) is 7.88. The van der Waals surface area contributed by atoms with Crippen molar-refractivity contribution in [1.29, 1.82) is 0 Å². The zero-order valence-electron chi connectivity index (χ0n) is 16.6. The van der Waals surface area contributed by atoms with Gasteiger partial charge >= 0.3 is 12.1 Å². The minimum absolute atomic E-state index is 0.0000996. The van der Waals surface area contributed by atoms with Crippen molar-refractivity contribution in [3.8, 4) is 11.1 Å². The summed E-state index contributed by atoms with van der Waals surface area (Å²) < 4.78 is 5.48. The van der Waals surface area contributed by atoms with Crippen LogP contribution in [0.25, 0.3) is 11.1 Å². The minimum Gasteiger partial charge on any atom is -0.480 e. The van der Waals surface area contributed by atoms with Crippen molar-refractivity contribution in [2.24, 2.45) is 11.8 Å². The molecule has 0 saturated heterocycles. The number of fused-ring (bicyclic) bond motifs is 3. The molecule has 0 heterocycles. The molecule has 0 aromatic heterocycles. The number of carbonyl (C=O) groups is 3. The SMILES string of the molecule is C[C@@H](NC(=O)[C@@H]1C[C@@H]1CNC(=O)OCC1c2ccccc2-c2ccccc21)C(=O)O. The molecule has 1 saturated carbocycles. The molecule has 0 spiro atoms. The summed E-state index contributed by atoms with van der Waals surface area (Å²) in [7, 11) is 0. The molecular formula is C23H24N2O5. The average molecular weight is 408 g/mol. The zero-order valence-corrected chi connectivity index (χ0v) is 16.6. The Labute approximate surface area is 174 Å². The van der Waals surface area contributed by atoms with Crippen LogP contribution in [0.3, 0.4) is 0 Å². The maximum absolute atomic E-state index is 12.2. The number of benzene rings is 2. The van der Waals surface area contributed by atoms with Crippen LogP contribution in [0.5, 0.6) is 0 Å². The van der Waals surface area contributed by atoms with Gasteiger partial charge in [-0.3, -0.25) is 9.59 Å². The molecule has 2 amide bonds. The smallest absolute Gasteiger partial charge is 0.407 e. The lowest BCUT2D eigenvalue weighted by Gasteiger charge is -2.14. The predicted octanol–water partition coefficient (Wildman–Crippen LogP) is 2.75.